The number of alkyl carbamates (subject to hydrolysis) is 1. The van der Waals surface area contributed by atoms with Crippen molar-refractivity contribution < 1.29 is 19.1 Å². The van der Waals surface area contributed by atoms with Crippen molar-refractivity contribution in [2.45, 2.75) is 31.9 Å². The normalized spacial score (nSPS) is 16.7. The molecule has 0 saturated carbocycles. The van der Waals surface area contributed by atoms with Crippen LogP contribution in [-0.2, 0) is 14.3 Å². The minimum atomic E-state index is -0.811. The van der Waals surface area contributed by atoms with Gasteiger partial charge in [0.15, 0.2) is 0 Å². The Morgan fingerprint density at radius 2 is 2.14 bits per heavy atom. The van der Waals surface area contributed by atoms with Gasteiger partial charge in [0.05, 0.1) is 6.10 Å². The predicted octanol–water partition coefficient (Wildman–Crippen LogP) is 0.928. The largest absolute Gasteiger partial charge is 0.445 e. The van der Waals surface area contributed by atoms with Gasteiger partial charge in [0, 0.05) is 13.1 Å². The maximum atomic E-state index is 12.5. The second kappa shape index (κ2) is 9.03. The van der Waals surface area contributed by atoms with E-state index < -0.39 is 18.2 Å². The molecular weight excluding hydrogens is 272 g/mol. The Kier molecular flexibility index (Phi) is 7.33. The van der Waals surface area contributed by atoms with Crippen LogP contribution >= 0.6 is 0 Å². The minimum absolute atomic E-state index is 0.0777. The Morgan fingerprint density at radius 1 is 1.48 bits per heavy atom. The van der Waals surface area contributed by atoms with Gasteiger partial charge in [-0.2, -0.15) is 0 Å². The Morgan fingerprint density at radius 3 is 2.71 bits per heavy atom. The number of hydrogen-bond acceptors (Lipinski definition) is 4. The summed E-state index contributed by atoms with van der Waals surface area (Å²) in [6, 6.07) is -0.811. The second-order valence-corrected chi connectivity index (χ2v) is 4.76. The van der Waals surface area contributed by atoms with Crippen LogP contribution in [0.1, 0.15) is 19.8 Å². The number of ether oxygens (including phenoxy) is 2. The number of rotatable bonds is 7. The monoisotopic (exact) mass is 294 g/mol. The highest BCUT2D eigenvalue weighted by atomic mass is 16.5. The van der Waals surface area contributed by atoms with Gasteiger partial charge >= 0.3 is 6.09 Å². The topological polar surface area (TPSA) is 67.9 Å². The van der Waals surface area contributed by atoms with E-state index in [1.807, 2.05) is 0 Å². The van der Waals surface area contributed by atoms with E-state index in [1.54, 1.807) is 11.8 Å². The smallest absolute Gasteiger partial charge is 0.408 e. The number of carbonyl (C=O) groups is 2. The third-order valence-corrected chi connectivity index (χ3v) is 3.19. The first-order valence-electron chi connectivity index (χ1n) is 6.98. The Balaban J connectivity index is 2.68. The minimum Gasteiger partial charge on any atom is -0.445 e. The molecular formula is C15H22N2O4. The lowest BCUT2D eigenvalue weighted by Gasteiger charge is -2.27. The van der Waals surface area contributed by atoms with Crippen LogP contribution < -0.4 is 5.32 Å². The highest BCUT2D eigenvalue weighted by molar-refractivity contribution is 5.86. The lowest BCUT2D eigenvalue weighted by molar-refractivity contribution is -0.135. The van der Waals surface area contributed by atoms with Gasteiger partial charge in [0.1, 0.15) is 19.3 Å². The highest BCUT2D eigenvalue weighted by Crippen LogP contribution is 2.12. The summed E-state index contributed by atoms with van der Waals surface area (Å²) >= 11 is 0. The molecule has 0 spiro atoms. The van der Waals surface area contributed by atoms with Gasteiger partial charge in [-0.3, -0.25) is 4.79 Å². The summed E-state index contributed by atoms with van der Waals surface area (Å²) in [7, 11) is 0. The molecule has 2 atom stereocenters. The molecule has 0 aromatic rings. The first kappa shape index (κ1) is 17.1. The standard InChI is InChI=1S/C15H22N2O4/c1-4-10-20-12(3)13(16-15(19)21-11-5-2)14(18)17-8-6-7-9-17/h1,5,12-13H,2,6-11H2,3H3,(H,16,19)/t12?,13-/m0/s1. The zero-order valence-electron chi connectivity index (χ0n) is 12.3. The van der Waals surface area contributed by atoms with Crippen molar-refractivity contribution in [1.29, 1.82) is 0 Å². The molecule has 0 aliphatic carbocycles. The van der Waals surface area contributed by atoms with E-state index in [0.717, 1.165) is 12.8 Å². The van der Waals surface area contributed by atoms with Crippen molar-refractivity contribution in [3.05, 3.63) is 12.7 Å². The fraction of sp³-hybridized carbons (Fsp3) is 0.600. The highest BCUT2D eigenvalue weighted by Gasteiger charge is 2.32. The number of hydrogen-bond donors (Lipinski definition) is 1. The molecule has 116 valence electrons. The fourth-order valence-electron chi connectivity index (χ4n) is 2.09. The van der Waals surface area contributed by atoms with Gasteiger partial charge in [0.2, 0.25) is 5.91 Å². The van der Waals surface area contributed by atoms with Gasteiger partial charge < -0.3 is 19.7 Å². The maximum absolute atomic E-state index is 12.5. The van der Waals surface area contributed by atoms with Crippen molar-refractivity contribution in [3.63, 3.8) is 0 Å². The van der Waals surface area contributed by atoms with Crippen molar-refractivity contribution in [3.8, 4) is 12.3 Å². The molecule has 0 aromatic heterocycles. The number of nitrogens with one attached hydrogen (secondary N) is 1. The van der Waals surface area contributed by atoms with Gasteiger partial charge in [-0.15, -0.1) is 6.42 Å². The molecule has 0 radical (unpaired) electrons. The van der Waals surface area contributed by atoms with E-state index in [0.29, 0.717) is 13.1 Å². The Labute approximate surface area is 125 Å². The van der Waals surface area contributed by atoms with Gasteiger partial charge in [-0.25, -0.2) is 4.79 Å². The lowest BCUT2D eigenvalue weighted by atomic mass is 10.1. The fourth-order valence-corrected chi connectivity index (χ4v) is 2.09. The summed E-state index contributed by atoms with van der Waals surface area (Å²) < 4.78 is 10.2. The van der Waals surface area contributed by atoms with Crippen molar-refractivity contribution in [2.75, 3.05) is 26.3 Å². The van der Waals surface area contributed by atoms with E-state index in [-0.39, 0.29) is 19.1 Å². The molecule has 1 saturated heterocycles. The number of likely N-dealkylation sites (tertiary alicyclic amines) is 1. The quantitative estimate of drug-likeness (QED) is 0.560. The van der Waals surface area contributed by atoms with Crippen LogP contribution in [0.2, 0.25) is 0 Å². The van der Waals surface area contributed by atoms with E-state index in [4.69, 9.17) is 15.9 Å². The molecule has 1 fully saturated rings. The first-order valence-corrected chi connectivity index (χ1v) is 6.98. The average molecular weight is 294 g/mol. The van der Waals surface area contributed by atoms with Crippen LogP contribution in [0, 0.1) is 12.3 Å². The molecule has 1 aliphatic heterocycles. The molecule has 0 aromatic carbocycles. The summed E-state index contributed by atoms with van der Waals surface area (Å²) in [5.74, 6) is 2.17. The van der Waals surface area contributed by atoms with Crippen LogP contribution in [0.25, 0.3) is 0 Å². The number of terminal acetylenes is 1. The summed E-state index contributed by atoms with van der Waals surface area (Å²) in [6.07, 6.45) is 7.33. The van der Waals surface area contributed by atoms with Crippen molar-refractivity contribution in [1.82, 2.24) is 10.2 Å². The molecule has 21 heavy (non-hydrogen) atoms. The molecule has 1 N–H and O–H groups in total. The average Bonchev–Trinajstić information content (AvgIpc) is 3.01. The number of amides is 2. The van der Waals surface area contributed by atoms with E-state index in [1.165, 1.54) is 6.08 Å². The summed E-state index contributed by atoms with van der Waals surface area (Å²) in [5.41, 5.74) is 0. The van der Waals surface area contributed by atoms with Crippen molar-refractivity contribution >= 4 is 12.0 Å². The van der Waals surface area contributed by atoms with E-state index in [9.17, 15) is 9.59 Å². The Hall–Kier alpha value is -2.00. The van der Waals surface area contributed by atoms with Crippen LogP contribution in [0.5, 0.6) is 0 Å². The molecule has 1 heterocycles. The molecule has 0 bridgehead atoms. The van der Waals surface area contributed by atoms with Crippen molar-refractivity contribution in [2.24, 2.45) is 0 Å². The van der Waals surface area contributed by atoms with Crippen LogP contribution in [0.15, 0.2) is 12.7 Å². The van der Waals surface area contributed by atoms with Gasteiger partial charge in [0.25, 0.3) is 0 Å². The lowest BCUT2D eigenvalue weighted by Crippen LogP contribution is -2.54. The van der Waals surface area contributed by atoms with Gasteiger partial charge in [-0.05, 0) is 19.8 Å². The third kappa shape index (κ3) is 5.48. The molecule has 1 unspecified atom stereocenters. The van der Waals surface area contributed by atoms with E-state index >= 15 is 0 Å². The van der Waals surface area contributed by atoms with Crippen LogP contribution in [0.4, 0.5) is 4.79 Å². The first-order chi connectivity index (χ1) is 10.1. The van der Waals surface area contributed by atoms with E-state index in [2.05, 4.69) is 17.8 Å². The molecule has 6 heteroatoms. The zero-order valence-corrected chi connectivity index (χ0v) is 12.3. The SMILES string of the molecule is C#CCOC(C)[C@H](NC(=O)OCC=C)C(=O)N1CCCC1. The molecule has 1 rings (SSSR count). The summed E-state index contributed by atoms with van der Waals surface area (Å²) in [4.78, 5) is 25.8. The summed E-state index contributed by atoms with van der Waals surface area (Å²) in [6.45, 7) is 6.70. The van der Waals surface area contributed by atoms with Crippen LogP contribution in [-0.4, -0.2) is 55.3 Å². The number of carbonyl (C=O) groups excluding carboxylic acids is 2. The molecule has 6 nitrogen and oxygen atoms in total. The maximum Gasteiger partial charge on any atom is 0.408 e. The molecule has 1 aliphatic rings. The molecule has 2 amide bonds. The number of nitrogens with zero attached hydrogens (tertiary/aromatic N) is 1. The Bertz CT molecular complexity index is 410. The predicted molar refractivity (Wildman–Crippen MR) is 78.5 cm³/mol. The zero-order chi connectivity index (χ0) is 15.7. The summed E-state index contributed by atoms with van der Waals surface area (Å²) in [5, 5.41) is 2.54. The third-order valence-electron chi connectivity index (χ3n) is 3.19. The van der Waals surface area contributed by atoms with Gasteiger partial charge in [-0.1, -0.05) is 18.6 Å². The second-order valence-electron chi connectivity index (χ2n) is 4.76. The van der Waals surface area contributed by atoms with Crippen LogP contribution in [0.3, 0.4) is 0 Å².